The average molecular weight is 432 g/mol. The molecule has 1 amide bonds. The zero-order chi connectivity index (χ0) is 21.8. The number of carbonyl (C=O) groups excluding carboxylic acids is 2. The summed E-state index contributed by atoms with van der Waals surface area (Å²) in [6.07, 6.45) is 0. The molecular weight excluding hydrogens is 414 g/mol. The van der Waals surface area contributed by atoms with Crippen LogP contribution in [0.3, 0.4) is 0 Å². The van der Waals surface area contributed by atoms with Crippen molar-refractivity contribution in [1.82, 2.24) is 5.32 Å². The lowest BCUT2D eigenvalue weighted by atomic mass is 9.98. The van der Waals surface area contributed by atoms with Crippen LogP contribution in [0.1, 0.15) is 10.4 Å². The molecule has 4 aromatic rings. The lowest BCUT2D eigenvalue weighted by Gasteiger charge is -2.15. The Bertz CT molecular complexity index is 1250. The van der Waals surface area contributed by atoms with E-state index in [2.05, 4.69) is 5.32 Å². The number of hydrogen-bond donors (Lipinski definition) is 1. The molecule has 0 saturated heterocycles. The van der Waals surface area contributed by atoms with Gasteiger partial charge in [-0.25, -0.2) is 4.79 Å². The van der Waals surface area contributed by atoms with Crippen molar-refractivity contribution in [1.29, 1.82) is 0 Å². The van der Waals surface area contributed by atoms with Gasteiger partial charge in [0, 0.05) is 35.2 Å². The summed E-state index contributed by atoms with van der Waals surface area (Å²) in [5, 5.41) is 4.61. The third-order valence-electron chi connectivity index (χ3n) is 4.81. The Balaban J connectivity index is 1.76. The van der Waals surface area contributed by atoms with Gasteiger partial charge in [0.1, 0.15) is 17.2 Å². The largest absolute Gasteiger partial charge is 0.456 e. The van der Waals surface area contributed by atoms with Crippen molar-refractivity contribution in [2.24, 2.45) is 0 Å². The van der Waals surface area contributed by atoms with Gasteiger partial charge in [-0.3, -0.25) is 4.79 Å². The van der Waals surface area contributed by atoms with Crippen molar-refractivity contribution in [3.05, 3.63) is 90.5 Å². The zero-order valence-electron chi connectivity index (χ0n) is 16.6. The summed E-state index contributed by atoms with van der Waals surface area (Å²) in [5.74, 6) is 1.45. The van der Waals surface area contributed by atoms with Gasteiger partial charge >= 0.3 is 5.43 Å². The van der Waals surface area contributed by atoms with E-state index in [-0.39, 0.29) is 5.91 Å². The van der Waals surface area contributed by atoms with E-state index in [9.17, 15) is 9.59 Å². The smallest absolute Gasteiger partial charge is 0.409 e. The number of fused-ring (bicyclic) bond motifs is 1. The highest BCUT2D eigenvalue weighted by Crippen LogP contribution is 2.40. The second-order valence-electron chi connectivity index (χ2n) is 6.73. The molecule has 1 N–H and O–H groups in total. The van der Waals surface area contributed by atoms with Crippen LogP contribution in [0.2, 0.25) is 0 Å². The zero-order valence-corrected chi connectivity index (χ0v) is 17.3. The number of rotatable bonds is 5. The van der Waals surface area contributed by atoms with Crippen LogP contribution in [0.15, 0.2) is 84.9 Å². The molecule has 0 fully saturated rings. The van der Waals surface area contributed by atoms with Crippen LogP contribution >= 0.6 is 11.6 Å². The molecule has 0 aliphatic carbocycles. The predicted octanol–water partition coefficient (Wildman–Crippen LogP) is 6.40. The number of benzene rings is 4. The first-order chi connectivity index (χ1) is 15.0. The monoisotopic (exact) mass is 431 g/mol. The van der Waals surface area contributed by atoms with Crippen molar-refractivity contribution >= 4 is 33.7 Å². The number of nitrogens with one attached hydrogen (secondary N) is 1. The first-order valence-electron chi connectivity index (χ1n) is 9.54. The van der Waals surface area contributed by atoms with Crippen LogP contribution in [0.4, 0.5) is 4.79 Å². The van der Waals surface area contributed by atoms with Crippen molar-refractivity contribution in [3.63, 3.8) is 0 Å². The highest BCUT2D eigenvalue weighted by atomic mass is 35.5. The van der Waals surface area contributed by atoms with E-state index in [1.165, 1.54) is 0 Å². The molecule has 154 valence electrons. The highest BCUT2D eigenvalue weighted by Gasteiger charge is 2.13. The minimum Gasteiger partial charge on any atom is -0.456 e. The standard InChI is InChI=1S/C25H18ClNO4/c1-27-24(28)18-8-6-17(7-9-18)22-15-10-16-4-2-3-5-21(16)23(22)30-19-11-13-20(14-12-19)31-25(26)29/h2-15H,1H3,(H,27,28). The van der Waals surface area contributed by atoms with E-state index in [1.54, 1.807) is 43.4 Å². The van der Waals surface area contributed by atoms with Crippen LogP contribution in [-0.4, -0.2) is 18.4 Å². The molecule has 6 heteroatoms. The fraction of sp³-hybridized carbons (Fsp3) is 0.0400. The van der Waals surface area contributed by atoms with Gasteiger partial charge in [0.25, 0.3) is 5.91 Å². The quantitative estimate of drug-likeness (QED) is 0.371. The molecule has 0 heterocycles. The predicted molar refractivity (Wildman–Crippen MR) is 121 cm³/mol. The molecule has 0 aliphatic heterocycles. The molecule has 0 aliphatic rings. The molecule has 4 rings (SSSR count). The van der Waals surface area contributed by atoms with Gasteiger partial charge in [-0.15, -0.1) is 0 Å². The Morgan fingerprint density at radius 3 is 2.16 bits per heavy atom. The molecule has 4 aromatic carbocycles. The van der Waals surface area contributed by atoms with Crippen LogP contribution in [0, 0.1) is 0 Å². The van der Waals surface area contributed by atoms with Gasteiger partial charge in [0.05, 0.1) is 0 Å². The molecule has 0 unspecified atom stereocenters. The first-order valence-corrected chi connectivity index (χ1v) is 9.92. The number of amides is 1. The Morgan fingerprint density at radius 2 is 1.48 bits per heavy atom. The number of carbonyl (C=O) groups is 2. The van der Waals surface area contributed by atoms with Crippen LogP contribution in [0.5, 0.6) is 17.2 Å². The normalized spacial score (nSPS) is 10.5. The summed E-state index contributed by atoms with van der Waals surface area (Å²) in [6.45, 7) is 0. The van der Waals surface area contributed by atoms with Crippen molar-refractivity contribution < 1.29 is 19.1 Å². The van der Waals surface area contributed by atoms with E-state index in [0.717, 1.165) is 21.9 Å². The fourth-order valence-corrected chi connectivity index (χ4v) is 3.40. The van der Waals surface area contributed by atoms with Crippen LogP contribution in [-0.2, 0) is 0 Å². The third-order valence-corrected chi connectivity index (χ3v) is 4.88. The van der Waals surface area contributed by atoms with E-state index < -0.39 is 5.43 Å². The van der Waals surface area contributed by atoms with Crippen molar-refractivity contribution in [2.75, 3.05) is 7.05 Å². The molecular formula is C25H18ClNO4. The third kappa shape index (κ3) is 4.52. The fourth-order valence-electron chi connectivity index (χ4n) is 3.31. The van der Waals surface area contributed by atoms with Gasteiger partial charge in [-0.05, 0) is 53.4 Å². The summed E-state index contributed by atoms with van der Waals surface area (Å²) >= 11 is 5.26. The topological polar surface area (TPSA) is 64.6 Å². The molecule has 5 nitrogen and oxygen atoms in total. The number of hydrogen-bond acceptors (Lipinski definition) is 4. The molecule has 31 heavy (non-hydrogen) atoms. The van der Waals surface area contributed by atoms with Crippen molar-refractivity contribution in [3.8, 4) is 28.4 Å². The maximum Gasteiger partial charge on any atom is 0.409 e. The highest BCUT2D eigenvalue weighted by molar-refractivity contribution is 6.61. The van der Waals surface area contributed by atoms with E-state index >= 15 is 0 Å². The Morgan fingerprint density at radius 1 is 0.806 bits per heavy atom. The summed E-state index contributed by atoms with van der Waals surface area (Å²) in [4.78, 5) is 22.8. The summed E-state index contributed by atoms with van der Waals surface area (Å²) < 4.78 is 11.1. The molecule has 0 atom stereocenters. The summed E-state index contributed by atoms with van der Waals surface area (Å²) in [5.41, 5.74) is 1.49. The van der Waals surface area contributed by atoms with Crippen LogP contribution < -0.4 is 14.8 Å². The maximum absolute atomic E-state index is 11.9. The van der Waals surface area contributed by atoms with Gasteiger partial charge in [-0.1, -0.05) is 42.5 Å². The summed E-state index contributed by atoms with van der Waals surface area (Å²) in [7, 11) is 1.60. The molecule has 0 radical (unpaired) electrons. The lowest BCUT2D eigenvalue weighted by molar-refractivity contribution is 0.0963. The Kier molecular flexibility index (Phi) is 5.87. The van der Waals surface area contributed by atoms with Gasteiger partial charge < -0.3 is 14.8 Å². The lowest BCUT2D eigenvalue weighted by Crippen LogP contribution is -2.17. The SMILES string of the molecule is CNC(=O)c1ccc(-c2ccc3ccccc3c2Oc2ccc(OC(=O)Cl)cc2)cc1. The average Bonchev–Trinajstić information content (AvgIpc) is 2.80. The molecule has 0 bridgehead atoms. The molecule has 0 aromatic heterocycles. The minimum absolute atomic E-state index is 0.140. The van der Waals surface area contributed by atoms with Gasteiger partial charge in [-0.2, -0.15) is 0 Å². The minimum atomic E-state index is -0.898. The molecule has 0 saturated carbocycles. The summed E-state index contributed by atoms with van der Waals surface area (Å²) in [6, 6.07) is 25.9. The maximum atomic E-state index is 11.9. The first kappa shape index (κ1) is 20.4. The van der Waals surface area contributed by atoms with E-state index in [4.69, 9.17) is 21.1 Å². The van der Waals surface area contributed by atoms with Crippen LogP contribution in [0.25, 0.3) is 21.9 Å². The van der Waals surface area contributed by atoms with Gasteiger partial charge in [0.2, 0.25) is 0 Å². The molecule has 0 spiro atoms. The van der Waals surface area contributed by atoms with E-state index in [0.29, 0.717) is 22.8 Å². The number of ether oxygens (including phenoxy) is 2. The van der Waals surface area contributed by atoms with E-state index in [1.807, 2.05) is 48.5 Å². The Hall–Kier alpha value is -3.83. The van der Waals surface area contributed by atoms with Gasteiger partial charge in [0.15, 0.2) is 0 Å². The second kappa shape index (κ2) is 8.90. The Labute approximate surface area is 184 Å². The van der Waals surface area contributed by atoms with Crippen molar-refractivity contribution in [2.45, 2.75) is 0 Å². The number of halogens is 1. The second-order valence-corrected chi connectivity index (χ2v) is 7.04.